The van der Waals surface area contributed by atoms with Gasteiger partial charge in [0.15, 0.2) is 5.82 Å². The summed E-state index contributed by atoms with van der Waals surface area (Å²) in [6.45, 7) is 8.82. The summed E-state index contributed by atoms with van der Waals surface area (Å²) in [4.78, 5) is 14.3. The molecule has 6 heteroatoms. The molecule has 0 bridgehead atoms. The third-order valence-corrected chi connectivity index (χ3v) is 4.24. The summed E-state index contributed by atoms with van der Waals surface area (Å²) in [5, 5.41) is 8.48. The Balaban J connectivity index is 1.61. The highest BCUT2D eigenvalue weighted by atomic mass is 16.5. The monoisotopic (exact) mass is 292 g/mol. The van der Waals surface area contributed by atoms with Gasteiger partial charge in [0.05, 0.1) is 13.2 Å². The SMILES string of the molecule is CC(C)c1nnc2n1CCN(C(=O)[C@H](C)OCC1CC1)C2. The molecule has 0 saturated heterocycles. The zero-order chi connectivity index (χ0) is 15.0. The Morgan fingerprint density at radius 2 is 2.05 bits per heavy atom. The van der Waals surface area contributed by atoms with E-state index in [1.807, 2.05) is 11.8 Å². The molecule has 1 aliphatic heterocycles. The molecule has 0 radical (unpaired) electrons. The van der Waals surface area contributed by atoms with Crippen LogP contribution in [0.2, 0.25) is 0 Å². The van der Waals surface area contributed by atoms with E-state index in [2.05, 4.69) is 28.6 Å². The molecular weight excluding hydrogens is 268 g/mol. The summed E-state index contributed by atoms with van der Waals surface area (Å²) in [6.07, 6.45) is 2.13. The topological polar surface area (TPSA) is 60.2 Å². The van der Waals surface area contributed by atoms with Gasteiger partial charge in [-0.25, -0.2) is 0 Å². The number of hydrogen-bond donors (Lipinski definition) is 0. The Bertz CT molecular complexity index is 522. The van der Waals surface area contributed by atoms with Gasteiger partial charge in [-0.2, -0.15) is 0 Å². The Morgan fingerprint density at radius 3 is 2.71 bits per heavy atom. The fourth-order valence-corrected chi connectivity index (χ4v) is 2.69. The molecule has 1 aromatic heterocycles. The van der Waals surface area contributed by atoms with Gasteiger partial charge in [-0.15, -0.1) is 10.2 Å². The van der Waals surface area contributed by atoms with Gasteiger partial charge in [0.25, 0.3) is 5.91 Å². The Labute approximate surface area is 125 Å². The Kier molecular flexibility index (Phi) is 3.97. The van der Waals surface area contributed by atoms with E-state index in [0.29, 0.717) is 31.5 Å². The lowest BCUT2D eigenvalue weighted by Crippen LogP contribution is -2.44. The van der Waals surface area contributed by atoms with E-state index in [-0.39, 0.29) is 12.0 Å². The van der Waals surface area contributed by atoms with Crippen LogP contribution in [0.3, 0.4) is 0 Å². The van der Waals surface area contributed by atoms with Crippen molar-refractivity contribution in [3.05, 3.63) is 11.6 Å². The number of aromatic nitrogens is 3. The van der Waals surface area contributed by atoms with Crippen LogP contribution in [0.25, 0.3) is 0 Å². The number of ether oxygens (including phenoxy) is 1. The molecule has 116 valence electrons. The minimum absolute atomic E-state index is 0.0657. The van der Waals surface area contributed by atoms with Crippen molar-refractivity contribution >= 4 is 5.91 Å². The van der Waals surface area contributed by atoms with Crippen molar-refractivity contribution in [3.8, 4) is 0 Å². The predicted octanol–water partition coefficient (Wildman–Crippen LogP) is 1.56. The normalized spacial score (nSPS) is 19.7. The first-order valence-corrected chi connectivity index (χ1v) is 7.88. The van der Waals surface area contributed by atoms with Crippen LogP contribution >= 0.6 is 0 Å². The van der Waals surface area contributed by atoms with Gasteiger partial charge in [0, 0.05) is 19.0 Å². The molecule has 21 heavy (non-hydrogen) atoms. The standard InChI is InChI=1S/C15H24N4O2/c1-10(2)14-17-16-13-8-18(6-7-19(13)14)15(20)11(3)21-9-12-4-5-12/h10-12H,4-9H2,1-3H3/t11-/m0/s1. The van der Waals surface area contributed by atoms with E-state index in [4.69, 9.17) is 4.74 Å². The fraction of sp³-hybridized carbons (Fsp3) is 0.800. The van der Waals surface area contributed by atoms with Gasteiger partial charge < -0.3 is 14.2 Å². The second-order valence-electron chi connectivity index (χ2n) is 6.46. The first-order valence-electron chi connectivity index (χ1n) is 7.88. The van der Waals surface area contributed by atoms with Crippen molar-refractivity contribution in [2.24, 2.45) is 5.92 Å². The van der Waals surface area contributed by atoms with Crippen LogP contribution in [-0.4, -0.2) is 44.8 Å². The van der Waals surface area contributed by atoms with Crippen molar-refractivity contribution in [2.45, 2.75) is 58.7 Å². The molecule has 0 N–H and O–H groups in total. The summed E-state index contributed by atoms with van der Waals surface area (Å²) in [5.74, 6) is 2.99. The van der Waals surface area contributed by atoms with Crippen LogP contribution in [-0.2, 0) is 22.6 Å². The maximum atomic E-state index is 12.4. The molecule has 0 aromatic carbocycles. The number of carbonyl (C=O) groups excluding carboxylic acids is 1. The maximum Gasteiger partial charge on any atom is 0.251 e. The van der Waals surface area contributed by atoms with E-state index in [0.717, 1.165) is 18.2 Å². The molecule has 1 fully saturated rings. The van der Waals surface area contributed by atoms with Crippen LogP contribution < -0.4 is 0 Å². The van der Waals surface area contributed by atoms with E-state index < -0.39 is 0 Å². The maximum absolute atomic E-state index is 12.4. The van der Waals surface area contributed by atoms with E-state index >= 15 is 0 Å². The molecular formula is C15H24N4O2. The highest BCUT2D eigenvalue weighted by molar-refractivity contribution is 5.80. The zero-order valence-corrected chi connectivity index (χ0v) is 13.1. The molecule has 1 atom stereocenters. The van der Waals surface area contributed by atoms with E-state index in [9.17, 15) is 4.79 Å². The van der Waals surface area contributed by atoms with Gasteiger partial charge in [0.1, 0.15) is 11.9 Å². The van der Waals surface area contributed by atoms with Crippen LogP contribution in [0.1, 0.15) is 51.2 Å². The summed E-state index contributed by atoms with van der Waals surface area (Å²) >= 11 is 0. The van der Waals surface area contributed by atoms with Crippen LogP contribution in [0.4, 0.5) is 0 Å². The fourth-order valence-electron chi connectivity index (χ4n) is 2.69. The Morgan fingerprint density at radius 1 is 1.29 bits per heavy atom. The minimum Gasteiger partial charge on any atom is -0.368 e. The highest BCUT2D eigenvalue weighted by Gasteiger charge is 2.29. The predicted molar refractivity (Wildman–Crippen MR) is 77.7 cm³/mol. The minimum atomic E-state index is -0.357. The van der Waals surface area contributed by atoms with Crippen LogP contribution in [0.5, 0.6) is 0 Å². The average Bonchev–Trinajstić information content (AvgIpc) is 3.20. The number of hydrogen-bond acceptors (Lipinski definition) is 4. The van der Waals surface area contributed by atoms with Crippen LogP contribution in [0, 0.1) is 5.92 Å². The number of amides is 1. The molecule has 0 unspecified atom stereocenters. The molecule has 3 rings (SSSR count). The number of carbonyl (C=O) groups is 1. The number of nitrogens with zero attached hydrogens (tertiary/aromatic N) is 4. The molecule has 1 saturated carbocycles. The summed E-state index contributed by atoms with van der Waals surface area (Å²) in [6, 6.07) is 0. The molecule has 0 spiro atoms. The molecule has 2 heterocycles. The van der Waals surface area contributed by atoms with Gasteiger partial charge in [-0.3, -0.25) is 4.79 Å². The van der Waals surface area contributed by atoms with Gasteiger partial charge in [-0.05, 0) is 25.7 Å². The molecule has 6 nitrogen and oxygen atoms in total. The summed E-state index contributed by atoms with van der Waals surface area (Å²) in [7, 11) is 0. The van der Waals surface area contributed by atoms with Crippen molar-refractivity contribution < 1.29 is 9.53 Å². The van der Waals surface area contributed by atoms with Gasteiger partial charge in [-0.1, -0.05) is 13.8 Å². The van der Waals surface area contributed by atoms with E-state index in [1.165, 1.54) is 12.8 Å². The lowest BCUT2D eigenvalue weighted by atomic mass is 10.2. The quantitative estimate of drug-likeness (QED) is 0.826. The lowest BCUT2D eigenvalue weighted by molar-refractivity contribution is -0.144. The summed E-state index contributed by atoms with van der Waals surface area (Å²) < 4.78 is 7.82. The summed E-state index contributed by atoms with van der Waals surface area (Å²) in [5.41, 5.74) is 0. The largest absolute Gasteiger partial charge is 0.368 e. The second-order valence-corrected chi connectivity index (χ2v) is 6.46. The average molecular weight is 292 g/mol. The van der Waals surface area contributed by atoms with Crippen molar-refractivity contribution in [2.75, 3.05) is 13.2 Å². The molecule has 1 amide bonds. The second kappa shape index (κ2) is 5.75. The molecule has 1 aromatic rings. The molecule has 2 aliphatic rings. The highest BCUT2D eigenvalue weighted by Crippen LogP contribution is 2.29. The lowest BCUT2D eigenvalue weighted by Gasteiger charge is -2.30. The smallest absolute Gasteiger partial charge is 0.251 e. The Hall–Kier alpha value is -1.43. The first-order chi connectivity index (χ1) is 10.1. The van der Waals surface area contributed by atoms with Gasteiger partial charge >= 0.3 is 0 Å². The van der Waals surface area contributed by atoms with E-state index in [1.54, 1.807) is 0 Å². The van der Waals surface area contributed by atoms with Crippen molar-refractivity contribution in [3.63, 3.8) is 0 Å². The first kappa shape index (κ1) is 14.5. The van der Waals surface area contributed by atoms with Crippen molar-refractivity contribution in [1.29, 1.82) is 0 Å². The van der Waals surface area contributed by atoms with Crippen LogP contribution in [0.15, 0.2) is 0 Å². The van der Waals surface area contributed by atoms with Gasteiger partial charge in [0.2, 0.25) is 0 Å². The number of rotatable bonds is 5. The molecule has 1 aliphatic carbocycles. The third-order valence-electron chi connectivity index (χ3n) is 4.24. The van der Waals surface area contributed by atoms with Crippen molar-refractivity contribution in [1.82, 2.24) is 19.7 Å². The zero-order valence-electron chi connectivity index (χ0n) is 13.1. The number of fused-ring (bicyclic) bond motifs is 1. The third kappa shape index (κ3) is 3.10.